The van der Waals surface area contributed by atoms with Crippen LogP contribution in [0.1, 0.15) is 74.8 Å². The molecule has 10 rings (SSSR count). The van der Waals surface area contributed by atoms with Gasteiger partial charge in [0.05, 0.1) is 12.2 Å². The van der Waals surface area contributed by atoms with E-state index in [1.165, 1.54) is 18.6 Å². The summed E-state index contributed by atoms with van der Waals surface area (Å²) in [5.41, 5.74) is 2.14. The van der Waals surface area contributed by atoms with Gasteiger partial charge >= 0.3 is 6.01 Å². The van der Waals surface area contributed by atoms with Gasteiger partial charge < -0.3 is 29.7 Å². The van der Waals surface area contributed by atoms with E-state index in [1.807, 2.05) is 6.07 Å². The minimum absolute atomic E-state index is 0.0407. The summed E-state index contributed by atoms with van der Waals surface area (Å²) in [6.45, 7) is 6.97. The number of fused-ring (bicyclic) bond motifs is 4. The SMILES string of the molecule is C#Cc1c(F)ccc2cc(O)cc(-c3c(C4CC4)cc4c(N5CC6CCC(C5)N6)nc(OCC5(CN6CCC7(CCOCC7)C6)CC5)nc4c3F)c12. The Kier molecular flexibility index (Phi) is 7.68. The second kappa shape index (κ2) is 12.3. The highest BCUT2D eigenvalue weighted by atomic mass is 19.1. The number of nitrogens with zero attached hydrogens (tertiary/aromatic N) is 4. The summed E-state index contributed by atoms with van der Waals surface area (Å²) in [4.78, 5) is 14.8. The minimum atomic E-state index is -0.560. The van der Waals surface area contributed by atoms with Crippen molar-refractivity contribution < 1.29 is 23.4 Å². The maximum atomic E-state index is 17.6. The second-order valence-corrected chi connectivity index (χ2v) is 16.7. The highest BCUT2D eigenvalue weighted by Crippen LogP contribution is 2.51. The molecule has 4 aromatic rings. The number of piperazine rings is 1. The summed E-state index contributed by atoms with van der Waals surface area (Å²) >= 11 is 0. The third-order valence-electron chi connectivity index (χ3n) is 13.0. The average molecular weight is 706 g/mol. The van der Waals surface area contributed by atoms with Crippen molar-refractivity contribution in [3.63, 3.8) is 0 Å². The van der Waals surface area contributed by atoms with Crippen molar-refractivity contribution in [2.45, 2.75) is 75.8 Å². The van der Waals surface area contributed by atoms with Crippen LogP contribution in [0, 0.1) is 34.8 Å². The molecule has 2 bridgehead atoms. The van der Waals surface area contributed by atoms with Gasteiger partial charge in [-0.3, -0.25) is 0 Å². The number of aromatic nitrogens is 2. The first-order valence-electron chi connectivity index (χ1n) is 19.2. The van der Waals surface area contributed by atoms with E-state index in [-0.39, 0.29) is 34.2 Å². The lowest BCUT2D eigenvalue weighted by atomic mass is 9.80. The quantitative estimate of drug-likeness (QED) is 0.192. The van der Waals surface area contributed by atoms with Crippen molar-refractivity contribution in [2.24, 2.45) is 10.8 Å². The molecule has 5 heterocycles. The van der Waals surface area contributed by atoms with Gasteiger partial charge in [0.25, 0.3) is 0 Å². The molecule has 3 aromatic carbocycles. The van der Waals surface area contributed by atoms with Gasteiger partial charge in [-0.25, -0.2) is 8.78 Å². The maximum Gasteiger partial charge on any atom is 0.319 e. The Morgan fingerprint density at radius 1 is 1.00 bits per heavy atom. The Bertz CT molecular complexity index is 2120. The van der Waals surface area contributed by atoms with Crippen LogP contribution in [0.3, 0.4) is 0 Å². The average Bonchev–Trinajstić information content (AvgIpc) is 4.07. The first kappa shape index (κ1) is 32.6. The molecule has 6 fully saturated rings. The predicted molar refractivity (Wildman–Crippen MR) is 197 cm³/mol. The number of hydrogen-bond acceptors (Lipinski definition) is 8. The van der Waals surface area contributed by atoms with Gasteiger partial charge in [-0.1, -0.05) is 12.0 Å². The summed E-state index contributed by atoms with van der Waals surface area (Å²) in [7, 11) is 0. The van der Waals surface area contributed by atoms with Crippen molar-refractivity contribution >= 4 is 27.5 Å². The molecule has 2 unspecified atom stereocenters. The molecule has 2 saturated carbocycles. The van der Waals surface area contributed by atoms with Crippen LogP contribution in [0.15, 0.2) is 30.3 Å². The molecular formula is C42H45F2N5O3. The Balaban J connectivity index is 1.06. The van der Waals surface area contributed by atoms with E-state index in [1.54, 1.807) is 12.1 Å². The van der Waals surface area contributed by atoms with E-state index in [0.717, 1.165) is 103 Å². The lowest BCUT2D eigenvalue weighted by Gasteiger charge is -2.34. The number of hydrogen-bond donors (Lipinski definition) is 2. The fraction of sp³-hybridized carbons (Fsp3) is 0.524. The molecule has 8 nitrogen and oxygen atoms in total. The Hall–Kier alpha value is -4.04. The van der Waals surface area contributed by atoms with E-state index in [9.17, 15) is 5.11 Å². The normalized spacial score (nSPS) is 24.9. The predicted octanol–water partition coefficient (Wildman–Crippen LogP) is 6.89. The monoisotopic (exact) mass is 705 g/mol. The van der Waals surface area contributed by atoms with Crippen molar-refractivity contribution in [2.75, 3.05) is 57.4 Å². The van der Waals surface area contributed by atoms with Crippen molar-refractivity contribution in [3.05, 3.63) is 53.1 Å². The van der Waals surface area contributed by atoms with Gasteiger partial charge in [-0.05, 0) is 116 Å². The number of anilines is 1. The molecule has 2 aliphatic carbocycles. The molecule has 1 spiro atoms. The van der Waals surface area contributed by atoms with Crippen LogP contribution in [-0.2, 0) is 4.74 Å². The van der Waals surface area contributed by atoms with Crippen molar-refractivity contribution in [3.8, 4) is 35.2 Å². The Morgan fingerprint density at radius 2 is 1.79 bits per heavy atom. The zero-order valence-electron chi connectivity index (χ0n) is 29.5. The van der Waals surface area contributed by atoms with Crippen LogP contribution in [0.2, 0.25) is 0 Å². The zero-order valence-corrected chi connectivity index (χ0v) is 29.5. The third kappa shape index (κ3) is 5.67. The molecule has 6 aliphatic rings. The maximum absolute atomic E-state index is 17.6. The van der Waals surface area contributed by atoms with Crippen molar-refractivity contribution in [1.29, 1.82) is 0 Å². The number of ether oxygens (including phenoxy) is 2. The smallest absolute Gasteiger partial charge is 0.319 e. The number of likely N-dealkylation sites (tertiary alicyclic amines) is 1. The fourth-order valence-electron chi connectivity index (χ4n) is 9.83. The van der Waals surface area contributed by atoms with Crippen molar-refractivity contribution in [1.82, 2.24) is 20.2 Å². The molecule has 52 heavy (non-hydrogen) atoms. The summed E-state index contributed by atoms with van der Waals surface area (Å²) in [6, 6.07) is 8.85. The molecule has 10 heteroatoms. The third-order valence-corrected chi connectivity index (χ3v) is 13.0. The summed E-state index contributed by atoms with van der Waals surface area (Å²) in [5, 5.41) is 16.2. The van der Waals surface area contributed by atoms with Crippen LogP contribution >= 0.6 is 0 Å². The number of phenols is 1. The van der Waals surface area contributed by atoms with Crippen LogP contribution < -0.4 is 15.0 Å². The topological polar surface area (TPSA) is 83.0 Å². The number of aromatic hydroxyl groups is 1. The van der Waals surface area contributed by atoms with Gasteiger partial charge in [0, 0.05) is 73.2 Å². The molecule has 4 saturated heterocycles. The van der Waals surface area contributed by atoms with Gasteiger partial charge in [-0.2, -0.15) is 9.97 Å². The highest BCUT2D eigenvalue weighted by Gasteiger charge is 2.48. The number of phenolic OH excluding ortho intramolecular Hbond substituents is 1. The van der Waals surface area contributed by atoms with E-state index < -0.39 is 11.6 Å². The Morgan fingerprint density at radius 3 is 2.52 bits per heavy atom. The van der Waals surface area contributed by atoms with Gasteiger partial charge in [-0.15, -0.1) is 6.42 Å². The van der Waals surface area contributed by atoms with E-state index >= 15 is 8.78 Å². The van der Waals surface area contributed by atoms with Gasteiger partial charge in [0.15, 0.2) is 5.82 Å². The number of benzene rings is 3. The number of halogens is 2. The van der Waals surface area contributed by atoms with Crippen LogP contribution in [-0.4, -0.2) is 84.6 Å². The molecule has 4 aliphatic heterocycles. The molecule has 2 N–H and O–H groups in total. The van der Waals surface area contributed by atoms with E-state index in [4.69, 9.17) is 25.9 Å². The van der Waals surface area contributed by atoms with Crippen LogP contribution in [0.5, 0.6) is 11.8 Å². The first-order chi connectivity index (χ1) is 25.3. The standard InChI is InChI=1S/C42H45F2N5O3/c1-2-30-34(43)8-5-26-17-29(50)18-32(35(26)30)36-31(25-3-4-25)19-33-38(37(36)44)46-40(47-39(33)49-20-27-6-7-28(21-49)45-27)52-24-42(9-10-42)23-48-14-11-41(22-48)12-15-51-16-13-41/h1,5,8,17-19,25,27-28,45,50H,3-4,6-7,9-16,20-24H2. The van der Waals surface area contributed by atoms with E-state index in [0.29, 0.717) is 57.2 Å². The molecule has 0 amide bonds. The fourth-order valence-corrected chi connectivity index (χ4v) is 9.83. The van der Waals surface area contributed by atoms with Gasteiger partial charge in [0.1, 0.15) is 22.9 Å². The molecular weight excluding hydrogens is 660 g/mol. The molecule has 0 radical (unpaired) electrons. The van der Waals surface area contributed by atoms with E-state index in [2.05, 4.69) is 21.0 Å². The van der Waals surface area contributed by atoms with Gasteiger partial charge in [0.2, 0.25) is 0 Å². The molecule has 2 atom stereocenters. The van der Waals surface area contributed by atoms with Crippen LogP contribution in [0.4, 0.5) is 14.6 Å². The lowest BCUT2D eigenvalue weighted by molar-refractivity contribution is 0.0179. The second-order valence-electron chi connectivity index (χ2n) is 16.7. The number of rotatable bonds is 8. The Labute approximate surface area is 302 Å². The molecule has 1 aromatic heterocycles. The number of terminal acetylenes is 1. The lowest BCUT2D eigenvalue weighted by Crippen LogP contribution is -2.51. The highest BCUT2D eigenvalue weighted by molar-refractivity contribution is 6.05. The minimum Gasteiger partial charge on any atom is -0.508 e. The summed E-state index contributed by atoms with van der Waals surface area (Å²) < 4.78 is 45.0. The first-order valence-corrected chi connectivity index (χ1v) is 19.2. The molecule has 270 valence electrons. The summed E-state index contributed by atoms with van der Waals surface area (Å²) in [6.07, 6.45) is 15.6. The largest absolute Gasteiger partial charge is 0.508 e. The number of nitrogens with one attached hydrogen (secondary N) is 1. The zero-order chi connectivity index (χ0) is 35.2. The summed E-state index contributed by atoms with van der Waals surface area (Å²) in [5.74, 6) is 2.19. The van der Waals surface area contributed by atoms with Crippen LogP contribution in [0.25, 0.3) is 32.8 Å².